The molecule has 1 aliphatic heterocycles. The third-order valence-corrected chi connectivity index (χ3v) is 4.88. The number of hydrogen-bond acceptors (Lipinski definition) is 2. The number of halogens is 3. The molecule has 0 bridgehead atoms. The van der Waals surface area contributed by atoms with Crippen molar-refractivity contribution < 1.29 is 18.0 Å². The number of hydrogen-bond donors (Lipinski definition) is 1. The summed E-state index contributed by atoms with van der Waals surface area (Å²) in [5.41, 5.74) is -1.07. The lowest BCUT2D eigenvalue weighted by Gasteiger charge is -2.36. The van der Waals surface area contributed by atoms with Gasteiger partial charge in [0.05, 0.1) is 11.1 Å². The molecule has 1 aromatic rings. The first-order chi connectivity index (χ1) is 11.0. The lowest BCUT2D eigenvalue weighted by Crippen LogP contribution is -2.45. The molecule has 23 heavy (non-hydrogen) atoms. The van der Waals surface area contributed by atoms with Gasteiger partial charge in [-0.2, -0.15) is 13.2 Å². The molecule has 1 saturated heterocycles. The monoisotopic (exact) mass is 326 g/mol. The first-order valence-corrected chi connectivity index (χ1v) is 8.14. The van der Waals surface area contributed by atoms with Crippen molar-refractivity contribution in [1.82, 2.24) is 10.2 Å². The molecule has 6 heteroatoms. The Labute approximate surface area is 133 Å². The van der Waals surface area contributed by atoms with E-state index >= 15 is 0 Å². The topological polar surface area (TPSA) is 32.3 Å². The van der Waals surface area contributed by atoms with E-state index in [1.165, 1.54) is 18.2 Å². The predicted molar refractivity (Wildman–Crippen MR) is 81.1 cm³/mol. The van der Waals surface area contributed by atoms with E-state index in [0.29, 0.717) is 19.0 Å². The summed E-state index contributed by atoms with van der Waals surface area (Å²) in [6.07, 6.45) is -0.445. The Balaban J connectivity index is 1.88. The molecule has 1 N–H and O–H groups in total. The average molecular weight is 326 g/mol. The van der Waals surface area contributed by atoms with Gasteiger partial charge < -0.3 is 10.2 Å². The van der Waals surface area contributed by atoms with Crippen LogP contribution in [0.15, 0.2) is 24.3 Å². The molecule has 0 aromatic heterocycles. The molecule has 0 spiro atoms. The largest absolute Gasteiger partial charge is 0.417 e. The standard InChI is InChI=1S/C17H21F3N2O/c18-17(19,20)15-7-2-1-6-14(15)16(23)22(11-12-4-3-5-12)13-8-9-21-10-13/h1-2,6-7,12-13,21H,3-5,8-11H2/t13-/m1/s1. The number of nitrogens with one attached hydrogen (secondary N) is 1. The predicted octanol–water partition coefficient (Wildman–Crippen LogP) is 3.31. The summed E-state index contributed by atoms with van der Waals surface area (Å²) < 4.78 is 39.6. The summed E-state index contributed by atoms with van der Waals surface area (Å²) in [5, 5.41) is 3.20. The highest BCUT2D eigenvalue weighted by Gasteiger charge is 2.38. The zero-order valence-corrected chi connectivity index (χ0v) is 12.9. The summed E-state index contributed by atoms with van der Waals surface area (Å²) in [6.45, 7) is 2.03. The van der Waals surface area contributed by atoms with Gasteiger partial charge in [0, 0.05) is 19.1 Å². The molecule has 2 fully saturated rings. The van der Waals surface area contributed by atoms with Crippen molar-refractivity contribution in [2.24, 2.45) is 5.92 Å². The first-order valence-electron chi connectivity index (χ1n) is 8.14. The SMILES string of the molecule is O=C(c1ccccc1C(F)(F)F)N(CC1CCC1)[C@@H]1CCNC1. The normalized spacial score (nSPS) is 22.0. The fraction of sp³-hybridized carbons (Fsp3) is 0.588. The quantitative estimate of drug-likeness (QED) is 0.921. The Hall–Kier alpha value is -1.56. The van der Waals surface area contributed by atoms with Crippen LogP contribution >= 0.6 is 0 Å². The maximum atomic E-state index is 13.2. The van der Waals surface area contributed by atoms with Gasteiger partial charge in [0.2, 0.25) is 0 Å². The van der Waals surface area contributed by atoms with Gasteiger partial charge >= 0.3 is 6.18 Å². The lowest BCUT2D eigenvalue weighted by atomic mass is 9.84. The minimum Gasteiger partial charge on any atom is -0.334 e. The number of amides is 1. The van der Waals surface area contributed by atoms with Crippen molar-refractivity contribution in [2.45, 2.75) is 37.9 Å². The number of carbonyl (C=O) groups is 1. The second kappa shape index (κ2) is 6.51. The summed E-state index contributed by atoms with van der Waals surface area (Å²) in [5.74, 6) is -0.0591. The first kappa shape index (κ1) is 16.3. The minimum atomic E-state index is -4.51. The molecule has 126 valence electrons. The van der Waals surface area contributed by atoms with Gasteiger partial charge in [-0.25, -0.2) is 0 Å². The van der Waals surface area contributed by atoms with Crippen molar-refractivity contribution in [2.75, 3.05) is 19.6 Å². The van der Waals surface area contributed by atoms with E-state index in [0.717, 1.165) is 38.3 Å². The number of carbonyl (C=O) groups excluding carboxylic acids is 1. The fourth-order valence-corrected chi connectivity index (χ4v) is 3.33. The number of benzene rings is 1. The van der Waals surface area contributed by atoms with E-state index in [4.69, 9.17) is 0 Å². The summed E-state index contributed by atoms with van der Waals surface area (Å²) in [6, 6.07) is 5.09. The molecule has 1 aliphatic carbocycles. The highest BCUT2D eigenvalue weighted by Crippen LogP contribution is 2.34. The van der Waals surface area contributed by atoms with Gasteiger partial charge in [-0.15, -0.1) is 0 Å². The summed E-state index contributed by atoms with van der Waals surface area (Å²) in [4.78, 5) is 14.5. The van der Waals surface area contributed by atoms with Crippen LogP contribution in [0.1, 0.15) is 41.6 Å². The smallest absolute Gasteiger partial charge is 0.334 e. The van der Waals surface area contributed by atoms with Crippen molar-refractivity contribution in [1.29, 1.82) is 0 Å². The van der Waals surface area contributed by atoms with Gasteiger partial charge in [0.15, 0.2) is 0 Å². The average Bonchev–Trinajstić information content (AvgIpc) is 2.99. The van der Waals surface area contributed by atoms with Crippen LogP contribution in [-0.2, 0) is 6.18 Å². The maximum absolute atomic E-state index is 13.2. The Morgan fingerprint density at radius 3 is 2.52 bits per heavy atom. The van der Waals surface area contributed by atoms with Gasteiger partial charge in [-0.3, -0.25) is 4.79 Å². The zero-order chi connectivity index (χ0) is 16.4. The van der Waals surface area contributed by atoms with Crippen LogP contribution in [-0.4, -0.2) is 36.5 Å². The third kappa shape index (κ3) is 3.52. The highest BCUT2D eigenvalue weighted by molar-refractivity contribution is 5.96. The molecule has 1 heterocycles. The molecular weight excluding hydrogens is 305 g/mol. The van der Waals surface area contributed by atoms with E-state index in [-0.39, 0.29) is 11.6 Å². The maximum Gasteiger partial charge on any atom is 0.417 e. The van der Waals surface area contributed by atoms with Crippen LogP contribution in [0.4, 0.5) is 13.2 Å². The van der Waals surface area contributed by atoms with Crippen LogP contribution in [0.25, 0.3) is 0 Å². The van der Waals surface area contributed by atoms with E-state index in [1.807, 2.05) is 0 Å². The molecule has 1 aromatic carbocycles. The summed E-state index contributed by atoms with van der Waals surface area (Å²) >= 11 is 0. The molecular formula is C17H21F3N2O. The van der Waals surface area contributed by atoms with Crippen LogP contribution < -0.4 is 5.32 Å². The van der Waals surface area contributed by atoms with E-state index in [2.05, 4.69) is 5.32 Å². The second-order valence-corrected chi connectivity index (χ2v) is 6.44. The van der Waals surface area contributed by atoms with Gasteiger partial charge in [-0.05, 0) is 43.9 Å². The minimum absolute atomic E-state index is 0.00982. The van der Waals surface area contributed by atoms with E-state index in [9.17, 15) is 18.0 Å². The molecule has 1 saturated carbocycles. The lowest BCUT2D eigenvalue weighted by molar-refractivity contribution is -0.138. The molecule has 0 unspecified atom stereocenters. The third-order valence-electron chi connectivity index (χ3n) is 4.88. The number of rotatable bonds is 4. The van der Waals surface area contributed by atoms with Crippen molar-refractivity contribution in [3.8, 4) is 0 Å². The van der Waals surface area contributed by atoms with Gasteiger partial charge in [0.25, 0.3) is 5.91 Å². The molecule has 0 radical (unpaired) electrons. The van der Waals surface area contributed by atoms with Crippen LogP contribution in [0.5, 0.6) is 0 Å². The number of nitrogens with zero attached hydrogens (tertiary/aromatic N) is 1. The molecule has 2 aliphatic rings. The van der Waals surface area contributed by atoms with Crippen molar-refractivity contribution >= 4 is 5.91 Å². The van der Waals surface area contributed by atoms with E-state index in [1.54, 1.807) is 4.90 Å². The molecule has 3 rings (SSSR count). The molecule has 1 amide bonds. The van der Waals surface area contributed by atoms with Crippen molar-refractivity contribution in [3.05, 3.63) is 35.4 Å². The second-order valence-electron chi connectivity index (χ2n) is 6.44. The van der Waals surface area contributed by atoms with Crippen molar-refractivity contribution in [3.63, 3.8) is 0 Å². The Bertz CT molecular complexity index is 563. The van der Waals surface area contributed by atoms with E-state index < -0.39 is 17.6 Å². The van der Waals surface area contributed by atoms with Crippen LogP contribution in [0, 0.1) is 5.92 Å². The molecule has 3 nitrogen and oxygen atoms in total. The Kier molecular flexibility index (Phi) is 4.62. The summed E-state index contributed by atoms with van der Waals surface area (Å²) in [7, 11) is 0. The van der Waals surface area contributed by atoms with Crippen LogP contribution in [0.2, 0.25) is 0 Å². The Morgan fingerprint density at radius 2 is 1.96 bits per heavy atom. The number of alkyl halides is 3. The molecule has 1 atom stereocenters. The van der Waals surface area contributed by atoms with Gasteiger partial charge in [0.1, 0.15) is 0 Å². The Morgan fingerprint density at radius 1 is 1.22 bits per heavy atom. The highest BCUT2D eigenvalue weighted by atomic mass is 19.4. The van der Waals surface area contributed by atoms with Gasteiger partial charge in [-0.1, -0.05) is 18.6 Å². The van der Waals surface area contributed by atoms with Crippen LogP contribution in [0.3, 0.4) is 0 Å². The zero-order valence-electron chi connectivity index (χ0n) is 12.9. The fourth-order valence-electron chi connectivity index (χ4n) is 3.33.